The standard InChI is InChI=1S/C51H42.C46H36.C42H34/c1-50(2)44-17-9-7-11-36(44)38-21-19-32(28-46(38)50)48-40-13-3-5-15-42(40)49(43-16-6-4-14-41(43)48)33-20-22-39-37-12-8-10-18-45(37)51(47(39)29-33)34-24-30-23-31(26-34)27-35(51)25-30;1-2-12-34-30(10-1)11-9-18-37(34)45-40-16-5-3-14-38(40)44(39-15-4-6-17-41(39)45)31-20-21-36-35-13-7-8-19-42(35)46(43(36)27-31)32-23-28-22-29(25-32)26-33(46)24-28;1-2-10-28(11-3-1)40-34-13-4-6-15-36(34)41(37-16-7-5-14-35(37)40)29-18-19-33-32-12-8-9-17-38(32)42(39(33)25-29)30-21-26-20-27(23-30)24-31(42)22-26/h3-22,28-31,34-35H,23-27H2,1-2H3;1-21,27-29,32-33H,22-26H2;1-19,25-27,30-31H,20-24H2. The molecule has 0 radical (unpaired) electrons. The molecule has 0 saturated heterocycles. The van der Waals surface area contributed by atoms with Crippen LogP contribution in [-0.4, -0.2) is 0 Å². The van der Waals surface area contributed by atoms with E-state index >= 15 is 0 Å². The Hall–Kier alpha value is -13.8. The van der Waals surface area contributed by atoms with Crippen LogP contribution in [0.15, 0.2) is 388 Å². The Morgan fingerprint density at radius 3 is 0.683 bits per heavy atom. The van der Waals surface area contributed by atoms with E-state index in [1.807, 2.05) is 0 Å². The first-order valence-corrected chi connectivity index (χ1v) is 52.9. The van der Waals surface area contributed by atoms with Crippen LogP contribution in [0.1, 0.15) is 155 Å². The zero-order chi connectivity index (χ0) is 91.0. The maximum atomic E-state index is 2.68. The van der Waals surface area contributed by atoms with Gasteiger partial charge in [-0.3, -0.25) is 0 Å². The third kappa shape index (κ3) is 11.1. The van der Waals surface area contributed by atoms with Gasteiger partial charge in [-0.15, -0.1) is 0 Å². The summed E-state index contributed by atoms with van der Waals surface area (Å²) in [7, 11) is 0. The van der Waals surface area contributed by atoms with Crippen LogP contribution < -0.4 is 0 Å². The summed E-state index contributed by atoms with van der Waals surface area (Å²) >= 11 is 0. The van der Waals surface area contributed by atoms with Crippen molar-refractivity contribution in [2.75, 3.05) is 0 Å². The Bertz CT molecular complexity index is 8390. The Morgan fingerprint density at radius 1 is 0.151 bits per heavy atom. The van der Waals surface area contributed by atoms with Gasteiger partial charge in [-0.2, -0.15) is 0 Å². The number of hydrogen-bond acceptors (Lipinski definition) is 0. The molecule has 16 aliphatic rings. The van der Waals surface area contributed by atoms with E-state index in [9.17, 15) is 0 Å². The third-order valence-corrected chi connectivity index (χ3v) is 39.3. The highest BCUT2D eigenvalue weighted by Gasteiger charge is 2.65. The van der Waals surface area contributed by atoms with E-state index in [1.54, 1.807) is 33.4 Å². The Kier molecular flexibility index (Phi) is 17.2. The van der Waals surface area contributed by atoms with Gasteiger partial charge in [0.05, 0.1) is 0 Å². The summed E-state index contributed by atoms with van der Waals surface area (Å²) < 4.78 is 0. The largest absolute Gasteiger partial charge is 0.0622 e. The molecule has 0 aromatic heterocycles. The van der Waals surface area contributed by atoms with Crippen molar-refractivity contribution in [2.45, 2.75) is 132 Å². The Balaban J connectivity index is 0.0000000968. The second-order valence-electron chi connectivity index (χ2n) is 45.8. The molecule has 20 aromatic rings. The van der Waals surface area contributed by atoms with E-state index in [-0.39, 0.29) is 21.7 Å². The van der Waals surface area contributed by atoms with Crippen molar-refractivity contribution in [3.05, 3.63) is 433 Å². The van der Waals surface area contributed by atoms with Gasteiger partial charge in [0, 0.05) is 21.7 Å². The van der Waals surface area contributed by atoms with E-state index < -0.39 is 0 Å². The lowest BCUT2D eigenvalue weighted by Crippen LogP contribution is -2.55. The molecule has 139 heavy (non-hydrogen) atoms. The highest BCUT2D eigenvalue weighted by Crippen LogP contribution is 2.74. The number of rotatable bonds is 6. The van der Waals surface area contributed by atoms with Gasteiger partial charge in [-0.05, 0) is 423 Å². The first-order valence-electron chi connectivity index (χ1n) is 52.9. The molecule has 0 atom stereocenters. The molecule has 20 aromatic carbocycles. The van der Waals surface area contributed by atoms with Crippen LogP contribution in [0, 0.1) is 71.0 Å². The molecule has 0 heteroatoms. The van der Waals surface area contributed by atoms with Crippen LogP contribution in [0.4, 0.5) is 0 Å². The topological polar surface area (TPSA) is 0 Å². The zero-order valence-corrected chi connectivity index (χ0v) is 79.5. The van der Waals surface area contributed by atoms with Gasteiger partial charge < -0.3 is 0 Å². The van der Waals surface area contributed by atoms with Crippen molar-refractivity contribution in [1.29, 1.82) is 0 Å². The third-order valence-electron chi connectivity index (χ3n) is 39.3. The van der Waals surface area contributed by atoms with Gasteiger partial charge in [0.1, 0.15) is 0 Å². The molecule has 16 aliphatic carbocycles. The molecule has 0 amide bonds. The van der Waals surface area contributed by atoms with Crippen LogP contribution >= 0.6 is 0 Å². The smallest absolute Gasteiger partial charge is 0.0272 e. The van der Waals surface area contributed by atoms with Crippen molar-refractivity contribution in [1.82, 2.24) is 0 Å². The molecule has 0 N–H and O–H groups in total. The molecule has 12 saturated carbocycles. The molecular weight excluding hydrogens is 1670 g/mol. The predicted octanol–water partition coefficient (Wildman–Crippen LogP) is 36.6. The minimum Gasteiger partial charge on any atom is -0.0622 e. The molecule has 3 spiro atoms. The van der Waals surface area contributed by atoms with Crippen molar-refractivity contribution in [3.8, 4) is 111 Å². The van der Waals surface area contributed by atoms with E-state index in [2.05, 4.69) is 402 Å². The normalized spacial score (nSPS) is 25.9. The van der Waals surface area contributed by atoms with Gasteiger partial charge in [-0.1, -0.05) is 378 Å². The number of fused-ring (bicyclic) bond motifs is 19. The summed E-state index contributed by atoms with van der Waals surface area (Å²) in [4.78, 5) is 0. The zero-order valence-electron chi connectivity index (χ0n) is 79.5. The Morgan fingerprint density at radius 2 is 0.367 bits per heavy atom. The van der Waals surface area contributed by atoms with Gasteiger partial charge in [0.2, 0.25) is 0 Å². The van der Waals surface area contributed by atoms with Crippen LogP contribution in [-0.2, 0) is 21.7 Å². The van der Waals surface area contributed by atoms with Crippen molar-refractivity contribution < 1.29 is 0 Å². The summed E-state index contributed by atoms with van der Waals surface area (Å²) in [5.41, 5.74) is 41.1. The molecular formula is C139H112. The SMILES string of the molecule is CC1(C)c2ccccc2-c2ccc(-c3c4ccccc4c(-c4ccc5c(c4)C4(c6ccccc6-5)C5CC6CC(C5)CC4C6)c4ccccc34)cc21.c1ccc(-c2c3ccccc3c(-c3ccc4c(c3)C3(c5ccccc5-4)C4CC5CC(C4)CC3C5)c3ccccc23)cc1.c1ccc2c(c1)-c1ccc(-c3c4ccccc4c(-c4cccc5ccccc45)c4ccccc34)cc1C21C2CC3CC(C2)CC1C3. The minimum atomic E-state index is -0.0383. The highest BCUT2D eigenvalue weighted by atomic mass is 14.7. The number of hydrogen-bond donors (Lipinski definition) is 0. The highest BCUT2D eigenvalue weighted by molar-refractivity contribution is 6.26. The molecule has 0 heterocycles. The number of benzene rings is 20. The van der Waals surface area contributed by atoms with Crippen LogP contribution in [0.3, 0.4) is 0 Å². The minimum absolute atomic E-state index is 0.0383. The van der Waals surface area contributed by atoms with Crippen LogP contribution in [0.25, 0.3) is 187 Å². The molecule has 0 aliphatic heterocycles. The summed E-state index contributed by atoms with van der Waals surface area (Å²) in [6, 6.07) is 149. The van der Waals surface area contributed by atoms with E-state index in [0.717, 1.165) is 71.0 Å². The first-order chi connectivity index (χ1) is 68.6. The lowest BCUT2D eigenvalue weighted by Gasteiger charge is -2.61. The van der Waals surface area contributed by atoms with Gasteiger partial charge >= 0.3 is 0 Å². The summed E-state index contributed by atoms with van der Waals surface area (Å²) in [5.74, 6) is 10.3. The van der Waals surface area contributed by atoms with Crippen molar-refractivity contribution in [3.63, 3.8) is 0 Å². The maximum Gasteiger partial charge on any atom is 0.0272 e. The second kappa shape index (κ2) is 29.9. The van der Waals surface area contributed by atoms with E-state index in [1.165, 1.54) is 294 Å². The maximum absolute atomic E-state index is 2.68. The van der Waals surface area contributed by atoms with E-state index in [0.29, 0.717) is 0 Å². The van der Waals surface area contributed by atoms with Crippen molar-refractivity contribution in [2.24, 2.45) is 71.0 Å². The van der Waals surface area contributed by atoms with Gasteiger partial charge in [0.25, 0.3) is 0 Å². The fourth-order valence-corrected chi connectivity index (χ4v) is 35.1. The molecule has 0 unspecified atom stereocenters. The second-order valence-corrected chi connectivity index (χ2v) is 45.8. The lowest BCUT2D eigenvalue weighted by atomic mass is 9.43. The average Bonchev–Trinajstić information content (AvgIpc) is 1.54. The lowest BCUT2D eigenvalue weighted by molar-refractivity contribution is -0.0399. The molecule has 668 valence electrons. The summed E-state index contributed by atoms with van der Waals surface area (Å²) in [6.45, 7) is 4.78. The van der Waals surface area contributed by atoms with Crippen molar-refractivity contribution >= 4 is 75.4 Å². The quantitative estimate of drug-likeness (QED) is 0.146. The molecule has 36 rings (SSSR count). The predicted molar refractivity (Wildman–Crippen MR) is 582 cm³/mol. The molecule has 0 nitrogen and oxygen atoms in total. The van der Waals surface area contributed by atoms with Gasteiger partial charge in [0.15, 0.2) is 0 Å². The molecule has 12 fully saturated rings. The summed E-state index contributed by atoms with van der Waals surface area (Å²) in [5, 5.41) is 18.7. The van der Waals surface area contributed by atoms with Crippen LogP contribution in [0.2, 0.25) is 0 Å². The fraction of sp³-hybridized carbons (Fsp3) is 0.237. The fourth-order valence-electron chi connectivity index (χ4n) is 35.1. The van der Waals surface area contributed by atoms with E-state index in [4.69, 9.17) is 0 Å². The first kappa shape index (κ1) is 80.2. The van der Waals surface area contributed by atoms with Crippen LogP contribution in [0.5, 0.6) is 0 Å². The summed E-state index contributed by atoms with van der Waals surface area (Å²) in [6.07, 6.45) is 21.4. The molecule has 12 bridgehead atoms. The monoisotopic (exact) mass is 1780 g/mol. The Labute approximate surface area is 816 Å². The van der Waals surface area contributed by atoms with Gasteiger partial charge in [-0.25, -0.2) is 0 Å². The average molecular weight is 1780 g/mol.